The van der Waals surface area contributed by atoms with E-state index in [0.717, 1.165) is 44.6 Å². The molecule has 2 atom stereocenters. The molecule has 3 N–H and O–H groups in total. The van der Waals surface area contributed by atoms with Gasteiger partial charge in [-0.15, -0.1) is 0 Å². The second-order valence-corrected chi connectivity index (χ2v) is 6.94. The van der Waals surface area contributed by atoms with Crippen molar-refractivity contribution in [2.24, 2.45) is 11.7 Å². The normalized spacial score (nSPS) is 35.8. The third-order valence-corrected chi connectivity index (χ3v) is 5.24. The predicted molar refractivity (Wildman–Crippen MR) is 82.4 cm³/mol. The van der Waals surface area contributed by atoms with Crippen LogP contribution in [0.5, 0.6) is 0 Å². The van der Waals surface area contributed by atoms with Crippen LogP contribution in [-0.4, -0.2) is 42.5 Å². The first-order chi connectivity index (χ1) is 9.54. The van der Waals surface area contributed by atoms with Gasteiger partial charge in [-0.2, -0.15) is 0 Å². The van der Waals surface area contributed by atoms with Crippen molar-refractivity contribution in [2.45, 2.75) is 76.4 Å². The third-order valence-electron chi connectivity index (χ3n) is 5.24. The number of piperidine rings is 1. The van der Waals surface area contributed by atoms with Gasteiger partial charge >= 0.3 is 0 Å². The molecule has 4 heteroatoms. The Morgan fingerprint density at radius 1 is 1.25 bits per heavy atom. The largest absolute Gasteiger partial charge is 0.353 e. The van der Waals surface area contributed by atoms with Crippen molar-refractivity contribution < 1.29 is 4.79 Å². The highest BCUT2D eigenvalue weighted by Gasteiger charge is 2.24. The van der Waals surface area contributed by atoms with Crippen molar-refractivity contribution in [1.29, 1.82) is 0 Å². The molecular weight excluding hydrogens is 250 g/mol. The summed E-state index contributed by atoms with van der Waals surface area (Å²) in [4.78, 5) is 14.4. The fourth-order valence-electron chi connectivity index (χ4n) is 3.53. The maximum atomic E-state index is 12.1. The zero-order valence-electron chi connectivity index (χ0n) is 13.1. The van der Waals surface area contributed by atoms with E-state index in [4.69, 9.17) is 5.73 Å². The summed E-state index contributed by atoms with van der Waals surface area (Å²) in [5.41, 5.74) is 5.92. The average molecular weight is 281 g/mol. The molecule has 1 heterocycles. The van der Waals surface area contributed by atoms with Gasteiger partial charge in [-0.25, -0.2) is 0 Å². The van der Waals surface area contributed by atoms with Crippen molar-refractivity contribution in [3.63, 3.8) is 0 Å². The van der Waals surface area contributed by atoms with Gasteiger partial charge in [0.05, 0.1) is 0 Å². The van der Waals surface area contributed by atoms with Crippen LogP contribution in [0.4, 0.5) is 0 Å². The molecule has 2 rings (SSSR count). The standard InChI is InChI=1S/C16H31N3O/c1-12-11-15(9-10-19(12)2)18-16(20)8-5-13-3-6-14(17)7-4-13/h12-15H,3-11,17H2,1-2H3,(H,18,20). The Labute approximate surface area is 123 Å². The van der Waals surface area contributed by atoms with Crippen LogP contribution in [-0.2, 0) is 4.79 Å². The molecule has 1 aliphatic heterocycles. The van der Waals surface area contributed by atoms with E-state index in [2.05, 4.69) is 24.2 Å². The monoisotopic (exact) mass is 281 g/mol. The van der Waals surface area contributed by atoms with Gasteiger partial charge in [-0.1, -0.05) is 0 Å². The van der Waals surface area contributed by atoms with Gasteiger partial charge < -0.3 is 16.0 Å². The first-order valence-corrected chi connectivity index (χ1v) is 8.29. The van der Waals surface area contributed by atoms with E-state index in [9.17, 15) is 4.79 Å². The van der Waals surface area contributed by atoms with Crippen molar-refractivity contribution in [3.8, 4) is 0 Å². The molecule has 116 valence electrons. The van der Waals surface area contributed by atoms with E-state index in [1.165, 1.54) is 12.8 Å². The lowest BCUT2D eigenvalue weighted by Gasteiger charge is -2.35. The summed E-state index contributed by atoms with van der Waals surface area (Å²) >= 11 is 0. The zero-order valence-corrected chi connectivity index (χ0v) is 13.1. The lowest BCUT2D eigenvalue weighted by atomic mass is 9.84. The van der Waals surface area contributed by atoms with E-state index in [-0.39, 0.29) is 5.91 Å². The van der Waals surface area contributed by atoms with Crippen molar-refractivity contribution in [1.82, 2.24) is 10.2 Å². The second-order valence-electron chi connectivity index (χ2n) is 6.94. The SMILES string of the molecule is CC1CC(NC(=O)CCC2CCC(N)CC2)CCN1C. The smallest absolute Gasteiger partial charge is 0.220 e. The van der Waals surface area contributed by atoms with E-state index < -0.39 is 0 Å². The Hall–Kier alpha value is -0.610. The molecule has 1 aliphatic carbocycles. The molecule has 1 saturated heterocycles. The Morgan fingerprint density at radius 3 is 2.60 bits per heavy atom. The summed E-state index contributed by atoms with van der Waals surface area (Å²) in [6, 6.07) is 1.36. The van der Waals surface area contributed by atoms with Gasteiger partial charge in [0.15, 0.2) is 0 Å². The fraction of sp³-hybridized carbons (Fsp3) is 0.938. The number of hydrogen-bond acceptors (Lipinski definition) is 3. The summed E-state index contributed by atoms with van der Waals surface area (Å²) in [5.74, 6) is 0.971. The highest BCUT2D eigenvalue weighted by molar-refractivity contribution is 5.76. The maximum Gasteiger partial charge on any atom is 0.220 e. The van der Waals surface area contributed by atoms with Crippen LogP contribution >= 0.6 is 0 Å². The Morgan fingerprint density at radius 2 is 1.95 bits per heavy atom. The summed E-state index contributed by atoms with van der Waals surface area (Å²) in [6.45, 7) is 3.33. The molecule has 1 saturated carbocycles. The van der Waals surface area contributed by atoms with Crippen molar-refractivity contribution in [2.75, 3.05) is 13.6 Å². The highest BCUT2D eigenvalue weighted by atomic mass is 16.1. The molecule has 2 aliphatic rings. The number of carbonyl (C=O) groups excluding carboxylic acids is 1. The van der Waals surface area contributed by atoms with E-state index in [0.29, 0.717) is 24.5 Å². The summed E-state index contributed by atoms with van der Waals surface area (Å²) in [5, 5.41) is 3.23. The fourth-order valence-corrected chi connectivity index (χ4v) is 3.53. The van der Waals surface area contributed by atoms with Crippen LogP contribution in [0.1, 0.15) is 58.3 Å². The lowest BCUT2D eigenvalue weighted by molar-refractivity contribution is -0.122. The molecular formula is C16H31N3O. The van der Waals surface area contributed by atoms with Crippen molar-refractivity contribution >= 4 is 5.91 Å². The first kappa shape index (κ1) is 15.8. The molecule has 1 amide bonds. The minimum atomic E-state index is 0.252. The van der Waals surface area contributed by atoms with Crippen LogP contribution < -0.4 is 11.1 Å². The number of likely N-dealkylation sites (tertiary alicyclic amines) is 1. The Balaban J connectivity index is 1.63. The highest BCUT2D eigenvalue weighted by Crippen LogP contribution is 2.26. The minimum Gasteiger partial charge on any atom is -0.353 e. The maximum absolute atomic E-state index is 12.1. The van der Waals surface area contributed by atoms with Gasteiger partial charge in [-0.3, -0.25) is 4.79 Å². The molecule has 0 aromatic heterocycles. The molecule has 0 aromatic rings. The van der Waals surface area contributed by atoms with Gasteiger partial charge in [0.2, 0.25) is 5.91 Å². The Bertz CT molecular complexity index is 313. The summed E-state index contributed by atoms with van der Waals surface area (Å²) in [6.07, 6.45) is 8.60. The number of nitrogens with two attached hydrogens (primary N) is 1. The number of nitrogens with one attached hydrogen (secondary N) is 1. The number of hydrogen-bond donors (Lipinski definition) is 2. The molecule has 2 fully saturated rings. The topological polar surface area (TPSA) is 58.4 Å². The van der Waals surface area contributed by atoms with Crippen molar-refractivity contribution in [3.05, 3.63) is 0 Å². The quantitative estimate of drug-likeness (QED) is 0.827. The number of amides is 1. The lowest BCUT2D eigenvalue weighted by Crippen LogP contribution is -2.47. The first-order valence-electron chi connectivity index (χ1n) is 8.29. The minimum absolute atomic E-state index is 0.252. The molecule has 4 nitrogen and oxygen atoms in total. The van der Waals surface area contributed by atoms with Crippen LogP contribution in [0, 0.1) is 5.92 Å². The van der Waals surface area contributed by atoms with Gasteiger partial charge in [0.25, 0.3) is 0 Å². The van der Waals surface area contributed by atoms with Gasteiger partial charge in [0.1, 0.15) is 0 Å². The van der Waals surface area contributed by atoms with E-state index in [1.807, 2.05) is 0 Å². The number of nitrogens with zero attached hydrogens (tertiary/aromatic N) is 1. The van der Waals surface area contributed by atoms with Crippen LogP contribution in [0.25, 0.3) is 0 Å². The number of carbonyl (C=O) groups is 1. The zero-order chi connectivity index (χ0) is 14.5. The van der Waals surface area contributed by atoms with E-state index >= 15 is 0 Å². The van der Waals surface area contributed by atoms with Crippen LogP contribution in [0.3, 0.4) is 0 Å². The molecule has 20 heavy (non-hydrogen) atoms. The third kappa shape index (κ3) is 4.74. The molecule has 0 spiro atoms. The van der Waals surface area contributed by atoms with Crippen LogP contribution in [0.2, 0.25) is 0 Å². The molecule has 0 bridgehead atoms. The predicted octanol–water partition coefficient (Wildman–Crippen LogP) is 1.88. The average Bonchev–Trinajstić information content (AvgIpc) is 2.42. The summed E-state index contributed by atoms with van der Waals surface area (Å²) < 4.78 is 0. The molecule has 0 radical (unpaired) electrons. The molecule has 2 unspecified atom stereocenters. The van der Waals surface area contributed by atoms with Gasteiger partial charge in [-0.05, 0) is 64.8 Å². The van der Waals surface area contributed by atoms with Gasteiger partial charge in [0, 0.05) is 31.1 Å². The molecule has 0 aromatic carbocycles. The summed E-state index contributed by atoms with van der Waals surface area (Å²) in [7, 11) is 2.16. The van der Waals surface area contributed by atoms with E-state index in [1.54, 1.807) is 0 Å². The second kappa shape index (κ2) is 7.41. The van der Waals surface area contributed by atoms with Crippen LogP contribution in [0.15, 0.2) is 0 Å². The number of rotatable bonds is 4. The Kier molecular flexibility index (Phi) is 5.85.